The zero-order valence-corrected chi connectivity index (χ0v) is 12.7. The van der Waals surface area contributed by atoms with Crippen LogP contribution in [0.5, 0.6) is 0 Å². The molecule has 0 radical (unpaired) electrons. The molecule has 21 heavy (non-hydrogen) atoms. The van der Waals surface area contributed by atoms with Gasteiger partial charge in [-0.1, -0.05) is 13.3 Å². The summed E-state index contributed by atoms with van der Waals surface area (Å²) in [6.07, 6.45) is 4.14. The van der Waals surface area contributed by atoms with Gasteiger partial charge in [0.25, 0.3) is 0 Å². The second-order valence-electron chi connectivity index (χ2n) is 5.42. The van der Waals surface area contributed by atoms with Crippen LogP contribution >= 0.6 is 0 Å². The number of nitrogens with one attached hydrogen (secondary N) is 1. The van der Waals surface area contributed by atoms with Crippen molar-refractivity contribution in [3.05, 3.63) is 41.7 Å². The maximum atomic E-state index is 13.3. The lowest BCUT2D eigenvalue weighted by molar-refractivity contribution is 0.187. The van der Waals surface area contributed by atoms with Gasteiger partial charge in [0.15, 0.2) is 11.6 Å². The summed E-state index contributed by atoms with van der Waals surface area (Å²) in [7, 11) is 2.11. The summed E-state index contributed by atoms with van der Waals surface area (Å²) >= 11 is 0. The quantitative estimate of drug-likeness (QED) is 0.899. The normalized spacial score (nSPS) is 17.1. The Hall–Kier alpha value is -1.62. The van der Waals surface area contributed by atoms with Gasteiger partial charge in [-0.25, -0.2) is 8.78 Å². The summed E-state index contributed by atoms with van der Waals surface area (Å²) < 4.78 is 26.3. The highest BCUT2D eigenvalue weighted by Crippen LogP contribution is 2.18. The number of likely N-dealkylation sites (N-methyl/N-ethyl adjacent to an activating group) is 1. The molecule has 1 aromatic rings. The molecular weight excluding hydrogens is 272 g/mol. The van der Waals surface area contributed by atoms with Crippen molar-refractivity contribution in [3.8, 4) is 0 Å². The van der Waals surface area contributed by atoms with E-state index in [0.29, 0.717) is 5.69 Å². The summed E-state index contributed by atoms with van der Waals surface area (Å²) in [6.45, 7) is 5.99. The Morgan fingerprint density at radius 1 is 1.19 bits per heavy atom. The number of allylic oxidation sites excluding steroid dienone is 1. The lowest BCUT2D eigenvalue weighted by Crippen LogP contribution is -2.45. The maximum absolute atomic E-state index is 13.3. The highest BCUT2D eigenvalue weighted by atomic mass is 19.2. The molecule has 0 aromatic heterocycles. The maximum Gasteiger partial charge on any atom is 0.160 e. The van der Waals surface area contributed by atoms with Crippen LogP contribution in [0.4, 0.5) is 14.5 Å². The molecule has 1 aliphatic rings. The van der Waals surface area contributed by atoms with Gasteiger partial charge in [0.1, 0.15) is 5.82 Å². The van der Waals surface area contributed by atoms with Gasteiger partial charge in [-0.3, -0.25) is 0 Å². The molecule has 3 nitrogen and oxygen atoms in total. The van der Waals surface area contributed by atoms with Gasteiger partial charge in [0, 0.05) is 37.9 Å². The average Bonchev–Trinajstić information content (AvgIpc) is 2.48. The summed E-state index contributed by atoms with van der Waals surface area (Å²) in [4.78, 5) is 4.54. The van der Waals surface area contributed by atoms with Crippen LogP contribution < -0.4 is 5.32 Å². The molecule has 1 aliphatic heterocycles. The van der Waals surface area contributed by atoms with E-state index >= 15 is 0 Å². The van der Waals surface area contributed by atoms with E-state index in [4.69, 9.17) is 0 Å². The Balaban J connectivity index is 2.10. The monoisotopic (exact) mass is 295 g/mol. The summed E-state index contributed by atoms with van der Waals surface area (Å²) in [5.41, 5.74) is 0.579. The fourth-order valence-corrected chi connectivity index (χ4v) is 2.31. The van der Waals surface area contributed by atoms with E-state index < -0.39 is 11.6 Å². The van der Waals surface area contributed by atoms with Crippen molar-refractivity contribution < 1.29 is 8.78 Å². The average molecular weight is 295 g/mol. The SMILES string of the molecule is CCC/C=C(/Nc1ccc(F)c(F)c1)N1CCN(C)CC1. The fourth-order valence-electron chi connectivity index (χ4n) is 2.31. The molecule has 2 rings (SSSR count). The van der Waals surface area contributed by atoms with E-state index in [-0.39, 0.29) is 0 Å². The number of rotatable bonds is 5. The zero-order valence-electron chi connectivity index (χ0n) is 12.7. The van der Waals surface area contributed by atoms with Gasteiger partial charge < -0.3 is 15.1 Å². The first-order chi connectivity index (χ1) is 10.1. The third-order valence-corrected chi connectivity index (χ3v) is 3.66. The molecule has 1 saturated heterocycles. The van der Waals surface area contributed by atoms with Crippen molar-refractivity contribution in [2.75, 3.05) is 38.5 Å². The molecule has 0 saturated carbocycles. The van der Waals surface area contributed by atoms with Gasteiger partial charge in [-0.15, -0.1) is 0 Å². The second-order valence-corrected chi connectivity index (χ2v) is 5.42. The zero-order chi connectivity index (χ0) is 15.2. The number of unbranched alkanes of at least 4 members (excludes halogenated alkanes) is 1. The first-order valence-corrected chi connectivity index (χ1v) is 7.46. The molecule has 0 bridgehead atoms. The molecule has 0 amide bonds. The van der Waals surface area contributed by atoms with Crippen molar-refractivity contribution in [2.24, 2.45) is 0 Å². The highest BCUT2D eigenvalue weighted by molar-refractivity contribution is 5.48. The minimum atomic E-state index is -0.826. The number of nitrogens with zero attached hydrogens (tertiary/aromatic N) is 2. The first kappa shape index (κ1) is 15.8. The molecule has 1 aromatic carbocycles. The largest absolute Gasteiger partial charge is 0.356 e. The molecule has 116 valence electrons. The van der Waals surface area contributed by atoms with Crippen molar-refractivity contribution in [3.63, 3.8) is 0 Å². The van der Waals surface area contributed by atoms with E-state index in [2.05, 4.69) is 35.2 Å². The predicted molar refractivity (Wildman–Crippen MR) is 82.0 cm³/mol. The Labute approximate surface area is 125 Å². The lowest BCUT2D eigenvalue weighted by atomic mass is 10.2. The molecule has 5 heteroatoms. The number of piperazine rings is 1. The predicted octanol–water partition coefficient (Wildman–Crippen LogP) is 3.27. The molecule has 0 aliphatic carbocycles. The molecule has 1 N–H and O–H groups in total. The van der Waals surface area contributed by atoms with Crippen LogP contribution in [0.2, 0.25) is 0 Å². The minimum Gasteiger partial charge on any atom is -0.356 e. The lowest BCUT2D eigenvalue weighted by Gasteiger charge is -2.36. The van der Waals surface area contributed by atoms with E-state index in [1.54, 1.807) is 6.07 Å². The van der Waals surface area contributed by atoms with E-state index in [1.807, 2.05) is 0 Å². The summed E-state index contributed by atoms with van der Waals surface area (Å²) in [5.74, 6) is -0.664. The highest BCUT2D eigenvalue weighted by Gasteiger charge is 2.16. The van der Waals surface area contributed by atoms with E-state index in [9.17, 15) is 8.78 Å². The van der Waals surface area contributed by atoms with Crippen LogP contribution in [0.1, 0.15) is 19.8 Å². The van der Waals surface area contributed by atoms with Gasteiger partial charge >= 0.3 is 0 Å². The van der Waals surface area contributed by atoms with Crippen LogP contribution in [-0.2, 0) is 0 Å². The number of anilines is 1. The van der Waals surface area contributed by atoms with Crippen LogP contribution in [0.15, 0.2) is 30.1 Å². The van der Waals surface area contributed by atoms with Crippen LogP contribution in [0.3, 0.4) is 0 Å². The molecule has 1 fully saturated rings. The summed E-state index contributed by atoms with van der Waals surface area (Å²) in [6, 6.07) is 3.92. The molecule has 0 unspecified atom stereocenters. The Morgan fingerprint density at radius 2 is 1.90 bits per heavy atom. The fraction of sp³-hybridized carbons (Fsp3) is 0.500. The van der Waals surface area contributed by atoms with Crippen molar-refractivity contribution in [2.45, 2.75) is 19.8 Å². The standard InChI is InChI=1S/C16H23F2N3/c1-3-4-5-16(21-10-8-20(2)9-11-21)19-13-6-7-14(17)15(18)12-13/h5-7,12,19H,3-4,8-11H2,1-2H3/b16-5-. The Kier molecular flexibility index (Phi) is 5.56. The molecular formula is C16H23F2N3. The van der Waals surface area contributed by atoms with E-state index in [0.717, 1.165) is 50.9 Å². The number of hydrogen-bond acceptors (Lipinski definition) is 3. The van der Waals surface area contributed by atoms with E-state index in [1.165, 1.54) is 6.07 Å². The Morgan fingerprint density at radius 3 is 2.52 bits per heavy atom. The topological polar surface area (TPSA) is 18.5 Å². The smallest absolute Gasteiger partial charge is 0.160 e. The third-order valence-electron chi connectivity index (χ3n) is 3.66. The van der Waals surface area contributed by atoms with Crippen LogP contribution in [0, 0.1) is 11.6 Å². The van der Waals surface area contributed by atoms with Gasteiger partial charge in [0.2, 0.25) is 0 Å². The van der Waals surface area contributed by atoms with Crippen LogP contribution in [-0.4, -0.2) is 43.0 Å². The van der Waals surface area contributed by atoms with Gasteiger partial charge in [0.05, 0.1) is 0 Å². The second kappa shape index (κ2) is 7.41. The molecule has 1 heterocycles. The van der Waals surface area contributed by atoms with Gasteiger partial charge in [-0.05, 0) is 31.7 Å². The van der Waals surface area contributed by atoms with Crippen molar-refractivity contribution >= 4 is 5.69 Å². The van der Waals surface area contributed by atoms with Crippen molar-refractivity contribution in [1.82, 2.24) is 9.80 Å². The first-order valence-electron chi connectivity index (χ1n) is 7.46. The van der Waals surface area contributed by atoms with Gasteiger partial charge in [-0.2, -0.15) is 0 Å². The molecule has 0 spiro atoms. The number of halogens is 2. The Bertz CT molecular complexity index is 494. The third kappa shape index (κ3) is 4.43. The minimum absolute atomic E-state index is 0.579. The van der Waals surface area contributed by atoms with Crippen LogP contribution in [0.25, 0.3) is 0 Å². The number of hydrogen-bond donors (Lipinski definition) is 1. The molecule has 0 atom stereocenters. The number of benzene rings is 1. The van der Waals surface area contributed by atoms with Crippen molar-refractivity contribution in [1.29, 1.82) is 0 Å². The summed E-state index contributed by atoms with van der Waals surface area (Å²) in [5, 5.41) is 3.23.